The van der Waals surface area contributed by atoms with E-state index in [0.717, 1.165) is 12.8 Å². The third-order valence-corrected chi connectivity index (χ3v) is 4.03. The molecule has 1 aliphatic heterocycles. The average molecular weight is 377 g/mol. The Bertz CT molecular complexity index is 625. The van der Waals surface area contributed by atoms with E-state index in [4.69, 9.17) is 14.2 Å². The number of rotatable bonds is 5. The summed E-state index contributed by atoms with van der Waals surface area (Å²) in [6.45, 7) is 11.2. The number of carbonyl (C=O) groups is 2. The summed E-state index contributed by atoms with van der Waals surface area (Å²) in [6, 6.07) is 7.00. The van der Waals surface area contributed by atoms with E-state index in [1.807, 2.05) is 34.6 Å². The average Bonchev–Trinajstić information content (AvgIpc) is 2.59. The van der Waals surface area contributed by atoms with Gasteiger partial charge < -0.3 is 19.1 Å². The molecule has 2 rings (SSSR count). The standard InChI is InChI=1S/C21H31NO5/c1-15(2)14-25-19(23)16-6-8-17(9-7-16)26-18-10-12-22(13-11-18)20(24)27-21(3,4)5/h6-9,15,18H,10-14H2,1-5H3. The lowest BCUT2D eigenvalue weighted by molar-refractivity contribution is 0.0126. The van der Waals surface area contributed by atoms with Gasteiger partial charge in [-0.15, -0.1) is 0 Å². The van der Waals surface area contributed by atoms with E-state index in [0.29, 0.717) is 36.9 Å². The van der Waals surface area contributed by atoms with Crippen LogP contribution in [-0.2, 0) is 9.47 Å². The first-order valence-electron chi connectivity index (χ1n) is 9.56. The van der Waals surface area contributed by atoms with Crippen LogP contribution in [0.4, 0.5) is 4.79 Å². The van der Waals surface area contributed by atoms with Crippen LogP contribution >= 0.6 is 0 Å². The van der Waals surface area contributed by atoms with E-state index in [-0.39, 0.29) is 18.2 Å². The number of piperidine rings is 1. The minimum atomic E-state index is -0.484. The first-order chi connectivity index (χ1) is 12.6. The molecule has 150 valence electrons. The van der Waals surface area contributed by atoms with Crippen molar-refractivity contribution in [3.05, 3.63) is 29.8 Å². The van der Waals surface area contributed by atoms with Gasteiger partial charge in [0, 0.05) is 25.9 Å². The molecular formula is C21H31NO5. The van der Waals surface area contributed by atoms with Gasteiger partial charge in [-0.2, -0.15) is 0 Å². The highest BCUT2D eigenvalue weighted by molar-refractivity contribution is 5.89. The summed E-state index contributed by atoms with van der Waals surface area (Å²) in [5.74, 6) is 0.704. The number of hydrogen-bond acceptors (Lipinski definition) is 5. The topological polar surface area (TPSA) is 65.1 Å². The molecule has 1 aromatic rings. The lowest BCUT2D eigenvalue weighted by Crippen LogP contribution is -2.44. The lowest BCUT2D eigenvalue weighted by atomic mass is 10.1. The van der Waals surface area contributed by atoms with E-state index >= 15 is 0 Å². The van der Waals surface area contributed by atoms with Crippen LogP contribution in [-0.4, -0.2) is 48.4 Å². The van der Waals surface area contributed by atoms with E-state index in [2.05, 4.69) is 0 Å². The highest BCUT2D eigenvalue weighted by Crippen LogP contribution is 2.21. The molecule has 1 fully saturated rings. The molecule has 0 aromatic heterocycles. The van der Waals surface area contributed by atoms with Gasteiger partial charge in [-0.05, 0) is 51.0 Å². The van der Waals surface area contributed by atoms with Crippen LogP contribution in [0.3, 0.4) is 0 Å². The van der Waals surface area contributed by atoms with Gasteiger partial charge >= 0.3 is 12.1 Å². The second-order valence-electron chi connectivity index (χ2n) is 8.30. The van der Waals surface area contributed by atoms with Crippen molar-refractivity contribution in [1.29, 1.82) is 0 Å². The highest BCUT2D eigenvalue weighted by atomic mass is 16.6. The molecule has 1 heterocycles. The Morgan fingerprint density at radius 3 is 2.22 bits per heavy atom. The van der Waals surface area contributed by atoms with Gasteiger partial charge in [0.1, 0.15) is 17.5 Å². The molecule has 27 heavy (non-hydrogen) atoms. The molecule has 0 atom stereocenters. The number of likely N-dealkylation sites (tertiary alicyclic amines) is 1. The highest BCUT2D eigenvalue weighted by Gasteiger charge is 2.27. The number of carbonyl (C=O) groups excluding carboxylic acids is 2. The van der Waals surface area contributed by atoms with E-state index in [1.54, 1.807) is 29.2 Å². The zero-order valence-electron chi connectivity index (χ0n) is 17.0. The van der Waals surface area contributed by atoms with Crippen molar-refractivity contribution >= 4 is 12.1 Å². The smallest absolute Gasteiger partial charge is 0.410 e. The maximum absolute atomic E-state index is 12.1. The van der Waals surface area contributed by atoms with E-state index in [9.17, 15) is 9.59 Å². The molecule has 1 saturated heterocycles. The van der Waals surface area contributed by atoms with Crippen molar-refractivity contribution in [1.82, 2.24) is 4.90 Å². The fraction of sp³-hybridized carbons (Fsp3) is 0.619. The molecule has 0 bridgehead atoms. The molecule has 0 aliphatic carbocycles. The summed E-state index contributed by atoms with van der Waals surface area (Å²) in [6.07, 6.45) is 1.27. The Labute approximate surface area is 161 Å². The lowest BCUT2D eigenvalue weighted by Gasteiger charge is -2.33. The summed E-state index contributed by atoms with van der Waals surface area (Å²) in [5.41, 5.74) is 0.0328. The first kappa shape index (κ1) is 21.1. The van der Waals surface area contributed by atoms with Crippen molar-refractivity contribution in [2.75, 3.05) is 19.7 Å². The second-order valence-corrected chi connectivity index (χ2v) is 8.30. The number of nitrogens with zero attached hydrogens (tertiary/aromatic N) is 1. The zero-order valence-corrected chi connectivity index (χ0v) is 17.0. The van der Waals surface area contributed by atoms with Crippen LogP contribution in [0.5, 0.6) is 5.75 Å². The predicted molar refractivity (Wildman–Crippen MR) is 103 cm³/mol. The Balaban J connectivity index is 1.80. The van der Waals surface area contributed by atoms with Crippen LogP contribution in [0.25, 0.3) is 0 Å². The molecule has 0 saturated carbocycles. The zero-order chi connectivity index (χ0) is 20.0. The maximum Gasteiger partial charge on any atom is 0.410 e. The largest absolute Gasteiger partial charge is 0.490 e. The molecule has 0 unspecified atom stereocenters. The molecule has 1 aliphatic rings. The number of ether oxygens (including phenoxy) is 3. The fourth-order valence-corrected chi connectivity index (χ4v) is 2.67. The van der Waals surface area contributed by atoms with Gasteiger partial charge in [-0.1, -0.05) is 13.8 Å². The monoisotopic (exact) mass is 377 g/mol. The van der Waals surface area contributed by atoms with Gasteiger partial charge in [0.15, 0.2) is 0 Å². The van der Waals surface area contributed by atoms with Gasteiger partial charge in [0.25, 0.3) is 0 Å². The molecule has 0 spiro atoms. The van der Waals surface area contributed by atoms with Gasteiger partial charge in [-0.25, -0.2) is 9.59 Å². The molecule has 0 radical (unpaired) electrons. The fourth-order valence-electron chi connectivity index (χ4n) is 2.67. The van der Waals surface area contributed by atoms with Crippen LogP contribution in [0.15, 0.2) is 24.3 Å². The first-order valence-corrected chi connectivity index (χ1v) is 9.56. The molecule has 1 aromatic carbocycles. The summed E-state index contributed by atoms with van der Waals surface area (Å²) in [4.78, 5) is 25.8. The predicted octanol–water partition coefficient (Wildman–Crippen LogP) is 4.28. The van der Waals surface area contributed by atoms with Crippen molar-refractivity contribution < 1.29 is 23.8 Å². The Morgan fingerprint density at radius 2 is 1.70 bits per heavy atom. The molecule has 6 nitrogen and oxygen atoms in total. The molecule has 1 amide bonds. The van der Waals surface area contributed by atoms with Crippen LogP contribution in [0, 0.1) is 5.92 Å². The quantitative estimate of drug-likeness (QED) is 0.717. The Hall–Kier alpha value is -2.24. The van der Waals surface area contributed by atoms with E-state index < -0.39 is 5.60 Å². The second kappa shape index (κ2) is 9.11. The Kier molecular flexibility index (Phi) is 7.11. The summed E-state index contributed by atoms with van der Waals surface area (Å²) in [7, 11) is 0. The van der Waals surface area contributed by atoms with Crippen LogP contribution in [0.1, 0.15) is 57.8 Å². The van der Waals surface area contributed by atoms with Gasteiger partial charge in [0.05, 0.1) is 12.2 Å². The van der Waals surface area contributed by atoms with Gasteiger partial charge in [0.2, 0.25) is 0 Å². The number of hydrogen-bond donors (Lipinski definition) is 0. The van der Waals surface area contributed by atoms with Crippen molar-refractivity contribution in [2.45, 2.75) is 59.2 Å². The third-order valence-electron chi connectivity index (χ3n) is 4.03. The van der Waals surface area contributed by atoms with Gasteiger partial charge in [-0.3, -0.25) is 0 Å². The van der Waals surface area contributed by atoms with Crippen LogP contribution < -0.4 is 4.74 Å². The molecular weight excluding hydrogens is 346 g/mol. The normalized spacial score (nSPS) is 15.6. The summed E-state index contributed by atoms with van der Waals surface area (Å²) >= 11 is 0. The van der Waals surface area contributed by atoms with Crippen LogP contribution in [0.2, 0.25) is 0 Å². The summed E-state index contributed by atoms with van der Waals surface area (Å²) in [5, 5.41) is 0. The third kappa shape index (κ3) is 7.12. The number of amides is 1. The molecule has 0 N–H and O–H groups in total. The maximum atomic E-state index is 12.1. The number of esters is 1. The minimum Gasteiger partial charge on any atom is -0.490 e. The SMILES string of the molecule is CC(C)COC(=O)c1ccc(OC2CCN(C(=O)OC(C)(C)C)CC2)cc1. The molecule has 6 heteroatoms. The minimum absolute atomic E-state index is 0.0439. The number of benzene rings is 1. The summed E-state index contributed by atoms with van der Waals surface area (Å²) < 4.78 is 16.6. The van der Waals surface area contributed by atoms with E-state index in [1.165, 1.54) is 0 Å². The van der Waals surface area contributed by atoms with Crippen molar-refractivity contribution in [3.8, 4) is 5.75 Å². The van der Waals surface area contributed by atoms with Crippen molar-refractivity contribution in [2.24, 2.45) is 5.92 Å². The Morgan fingerprint density at radius 1 is 1.11 bits per heavy atom. The van der Waals surface area contributed by atoms with Crippen molar-refractivity contribution in [3.63, 3.8) is 0 Å².